The summed E-state index contributed by atoms with van der Waals surface area (Å²) in [6, 6.07) is 18.4. The fourth-order valence-corrected chi connectivity index (χ4v) is 3.54. The van der Waals surface area contributed by atoms with Gasteiger partial charge in [-0.05, 0) is 42.5 Å². The maximum Gasteiger partial charge on any atom is 0.321 e. The highest BCUT2D eigenvalue weighted by Crippen LogP contribution is 2.26. The van der Waals surface area contributed by atoms with Crippen LogP contribution in [0.5, 0.6) is 0 Å². The molecule has 2 aromatic carbocycles. The van der Waals surface area contributed by atoms with Crippen molar-refractivity contribution >= 4 is 40.7 Å². The van der Waals surface area contributed by atoms with Gasteiger partial charge < -0.3 is 15.1 Å². The van der Waals surface area contributed by atoms with Gasteiger partial charge in [-0.3, -0.25) is 0 Å². The maximum absolute atomic E-state index is 12.5. The molecule has 0 radical (unpaired) electrons. The van der Waals surface area contributed by atoms with Gasteiger partial charge in [-0.1, -0.05) is 41.4 Å². The van der Waals surface area contributed by atoms with Gasteiger partial charge in [0.1, 0.15) is 0 Å². The molecular weight excluding hydrogens is 409 g/mol. The number of urea groups is 1. The molecule has 29 heavy (non-hydrogen) atoms. The molecule has 1 fully saturated rings. The van der Waals surface area contributed by atoms with E-state index in [4.69, 9.17) is 23.2 Å². The fourth-order valence-electron chi connectivity index (χ4n) is 3.18. The lowest BCUT2D eigenvalue weighted by Gasteiger charge is -2.35. The van der Waals surface area contributed by atoms with Crippen LogP contribution in [0.4, 0.5) is 16.3 Å². The minimum Gasteiger partial charge on any atom is -0.352 e. The van der Waals surface area contributed by atoms with Crippen LogP contribution >= 0.6 is 23.2 Å². The van der Waals surface area contributed by atoms with Crippen LogP contribution < -0.4 is 10.2 Å². The minimum absolute atomic E-state index is 0.118. The molecule has 1 saturated heterocycles. The van der Waals surface area contributed by atoms with Crippen LogP contribution in [-0.2, 0) is 0 Å². The Morgan fingerprint density at radius 1 is 0.862 bits per heavy atom. The molecule has 0 unspecified atom stereocenters. The second-order valence-corrected chi connectivity index (χ2v) is 7.51. The number of aromatic nitrogens is 2. The third-order valence-electron chi connectivity index (χ3n) is 4.79. The van der Waals surface area contributed by atoms with Crippen molar-refractivity contribution in [2.75, 3.05) is 36.4 Å². The fraction of sp³-hybridized carbons (Fsp3) is 0.190. The number of nitrogens with one attached hydrogen (secondary N) is 1. The minimum atomic E-state index is -0.118. The number of nitrogens with zero attached hydrogens (tertiary/aromatic N) is 4. The molecule has 148 valence electrons. The molecule has 1 N–H and O–H groups in total. The Kier molecular flexibility index (Phi) is 5.83. The summed E-state index contributed by atoms with van der Waals surface area (Å²) in [6.07, 6.45) is 0. The first-order chi connectivity index (χ1) is 14.1. The van der Waals surface area contributed by atoms with E-state index in [0.717, 1.165) is 22.8 Å². The number of benzene rings is 2. The van der Waals surface area contributed by atoms with E-state index in [9.17, 15) is 4.79 Å². The highest BCUT2D eigenvalue weighted by molar-refractivity contribution is 6.33. The maximum atomic E-state index is 12.5. The van der Waals surface area contributed by atoms with Crippen molar-refractivity contribution < 1.29 is 4.79 Å². The molecule has 6 nitrogen and oxygen atoms in total. The van der Waals surface area contributed by atoms with Gasteiger partial charge >= 0.3 is 6.03 Å². The summed E-state index contributed by atoms with van der Waals surface area (Å²) in [5.41, 5.74) is 2.32. The number of piperazine rings is 1. The van der Waals surface area contributed by atoms with Crippen LogP contribution in [0.15, 0.2) is 60.7 Å². The van der Waals surface area contributed by atoms with Crippen LogP contribution in [0.25, 0.3) is 11.3 Å². The molecule has 2 heterocycles. The van der Waals surface area contributed by atoms with E-state index in [1.807, 2.05) is 36.4 Å². The van der Waals surface area contributed by atoms with Crippen LogP contribution in [0.2, 0.25) is 10.0 Å². The molecule has 1 aliphatic heterocycles. The third kappa shape index (κ3) is 4.60. The Morgan fingerprint density at radius 3 is 2.24 bits per heavy atom. The standard InChI is InChI=1S/C21H19Cl2N5O/c22-15-5-7-16(8-6-15)24-21(29)28-13-11-27(12-14-28)20-10-9-19(25-26-20)17-3-1-2-4-18(17)23/h1-10H,11-14H2,(H,24,29). The molecule has 8 heteroatoms. The number of amides is 2. The highest BCUT2D eigenvalue weighted by atomic mass is 35.5. The van der Waals surface area contributed by atoms with E-state index in [2.05, 4.69) is 20.4 Å². The molecule has 3 aromatic rings. The van der Waals surface area contributed by atoms with E-state index >= 15 is 0 Å². The highest BCUT2D eigenvalue weighted by Gasteiger charge is 2.22. The van der Waals surface area contributed by atoms with Gasteiger partial charge in [-0.25, -0.2) is 4.79 Å². The Hall–Kier alpha value is -2.83. The number of rotatable bonds is 3. The largest absolute Gasteiger partial charge is 0.352 e. The summed E-state index contributed by atoms with van der Waals surface area (Å²) in [6.45, 7) is 2.59. The Bertz CT molecular complexity index is 987. The van der Waals surface area contributed by atoms with Gasteiger partial charge in [0.15, 0.2) is 5.82 Å². The van der Waals surface area contributed by atoms with E-state index in [1.54, 1.807) is 29.2 Å². The average molecular weight is 428 g/mol. The molecule has 1 aliphatic rings. The summed E-state index contributed by atoms with van der Waals surface area (Å²) < 4.78 is 0. The molecule has 0 spiro atoms. The SMILES string of the molecule is O=C(Nc1ccc(Cl)cc1)N1CCN(c2ccc(-c3ccccc3Cl)nn2)CC1. The zero-order valence-corrected chi connectivity index (χ0v) is 17.1. The smallest absolute Gasteiger partial charge is 0.321 e. The lowest BCUT2D eigenvalue weighted by molar-refractivity contribution is 0.208. The normalized spacial score (nSPS) is 14.0. The predicted octanol–water partition coefficient (Wildman–Crippen LogP) is 4.80. The Balaban J connectivity index is 1.35. The Labute approximate surface area is 179 Å². The lowest BCUT2D eigenvalue weighted by atomic mass is 10.1. The van der Waals surface area contributed by atoms with Crippen molar-refractivity contribution in [1.82, 2.24) is 15.1 Å². The van der Waals surface area contributed by atoms with Gasteiger partial charge in [0.25, 0.3) is 0 Å². The third-order valence-corrected chi connectivity index (χ3v) is 5.37. The summed E-state index contributed by atoms with van der Waals surface area (Å²) in [4.78, 5) is 16.4. The number of hydrogen-bond acceptors (Lipinski definition) is 4. The molecule has 4 rings (SSSR count). The predicted molar refractivity (Wildman–Crippen MR) is 117 cm³/mol. The first kappa shape index (κ1) is 19.5. The average Bonchev–Trinajstić information content (AvgIpc) is 2.76. The topological polar surface area (TPSA) is 61.4 Å². The second kappa shape index (κ2) is 8.68. The molecule has 0 atom stereocenters. The van der Waals surface area contributed by atoms with Crippen molar-refractivity contribution in [3.8, 4) is 11.3 Å². The lowest BCUT2D eigenvalue weighted by Crippen LogP contribution is -2.50. The summed E-state index contributed by atoms with van der Waals surface area (Å²) in [5.74, 6) is 0.790. The van der Waals surface area contributed by atoms with E-state index < -0.39 is 0 Å². The Morgan fingerprint density at radius 2 is 1.59 bits per heavy atom. The van der Waals surface area contributed by atoms with Crippen molar-refractivity contribution in [2.45, 2.75) is 0 Å². The molecule has 2 amide bonds. The van der Waals surface area contributed by atoms with Gasteiger partial charge in [-0.2, -0.15) is 0 Å². The summed E-state index contributed by atoms with van der Waals surface area (Å²) in [5, 5.41) is 12.9. The number of anilines is 2. The van der Waals surface area contributed by atoms with Gasteiger partial charge in [0.05, 0.1) is 10.7 Å². The number of carbonyl (C=O) groups excluding carboxylic acids is 1. The van der Waals surface area contributed by atoms with Crippen molar-refractivity contribution in [3.05, 3.63) is 70.7 Å². The van der Waals surface area contributed by atoms with Crippen molar-refractivity contribution in [1.29, 1.82) is 0 Å². The van der Waals surface area contributed by atoms with Crippen molar-refractivity contribution in [2.24, 2.45) is 0 Å². The first-order valence-corrected chi connectivity index (χ1v) is 10.0. The molecule has 1 aromatic heterocycles. The van der Waals surface area contributed by atoms with E-state index in [0.29, 0.717) is 36.2 Å². The number of halogens is 2. The first-order valence-electron chi connectivity index (χ1n) is 9.25. The summed E-state index contributed by atoms with van der Waals surface area (Å²) >= 11 is 12.1. The summed E-state index contributed by atoms with van der Waals surface area (Å²) in [7, 11) is 0. The second-order valence-electron chi connectivity index (χ2n) is 6.67. The van der Waals surface area contributed by atoms with Crippen LogP contribution in [-0.4, -0.2) is 47.3 Å². The molecule has 0 aliphatic carbocycles. The van der Waals surface area contributed by atoms with Crippen LogP contribution in [0.3, 0.4) is 0 Å². The molecule has 0 saturated carbocycles. The van der Waals surface area contributed by atoms with E-state index in [-0.39, 0.29) is 6.03 Å². The van der Waals surface area contributed by atoms with Gasteiger partial charge in [0, 0.05) is 42.5 Å². The molecule has 0 bridgehead atoms. The number of hydrogen-bond donors (Lipinski definition) is 1. The monoisotopic (exact) mass is 427 g/mol. The van der Waals surface area contributed by atoms with Crippen LogP contribution in [0.1, 0.15) is 0 Å². The number of carbonyl (C=O) groups is 1. The van der Waals surface area contributed by atoms with E-state index in [1.165, 1.54) is 0 Å². The van der Waals surface area contributed by atoms with Gasteiger partial charge in [0.2, 0.25) is 0 Å². The van der Waals surface area contributed by atoms with Crippen molar-refractivity contribution in [3.63, 3.8) is 0 Å². The quantitative estimate of drug-likeness (QED) is 0.651. The van der Waals surface area contributed by atoms with Crippen LogP contribution in [0, 0.1) is 0 Å². The zero-order valence-electron chi connectivity index (χ0n) is 15.6. The zero-order chi connectivity index (χ0) is 20.2. The van der Waals surface area contributed by atoms with Gasteiger partial charge in [-0.15, -0.1) is 10.2 Å². The molecular formula is C21H19Cl2N5O.